The molecule has 1 aliphatic heterocycles. The Hall–Kier alpha value is -0.730. The highest BCUT2D eigenvalue weighted by atomic mass is 35.5. The van der Waals surface area contributed by atoms with Crippen LogP contribution in [0.15, 0.2) is 18.2 Å². The second kappa shape index (κ2) is 5.07. The van der Waals surface area contributed by atoms with E-state index in [1.807, 2.05) is 18.2 Å². The molecule has 2 rings (SSSR count). The summed E-state index contributed by atoms with van der Waals surface area (Å²) < 4.78 is 0. The zero-order chi connectivity index (χ0) is 11.5. The number of benzene rings is 1. The van der Waals surface area contributed by atoms with Gasteiger partial charge in [0, 0.05) is 23.8 Å². The first-order valence-corrected chi connectivity index (χ1v) is 6.33. The van der Waals surface area contributed by atoms with Crippen LogP contribution in [-0.2, 0) is 6.54 Å². The largest absolute Gasteiger partial charge is 0.399 e. The fourth-order valence-electron chi connectivity index (χ4n) is 2.35. The minimum atomic E-state index is 0.797. The van der Waals surface area contributed by atoms with Crippen LogP contribution in [0.2, 0.25) is 5.02 Å². The maximum atomic E-state index is 6.16. The highest BCUT2D eigenvalue weighted by molar-refractivity contribution is 6.31. The molecular weight excluding hydrogens is 220 g/mol. The lowest BCUT2D eigenvalue weighted by atomic mass is 10.1. The number of rotatable bonds is 3. The molecule has 0 saturated carbocycles. The quantitative estimate of drug-likeness (QED) is 0.820. The van der Waals surface area contributed by atoms with Crippen molar-refractivity contribution in [2.45, 2.75) is 26.3 Å². The average Bonchev–Trinajstić information content (AvgIpc) is 2.71. The van der Waals surface area contributed by atoms with Gasteiger partial charge in [-0.3, -0.25) is 4.90 Å². The Bertz CT molecular complexity index is 365. The molecule has 1 aromatic carbocycles. The Morgan fingerprint density at radius 3 is 3.00 bits per heavy atom. The summed E-state index contributed by atoms with van der Waals surface area (Å²) in [5.41, 5.74) is 7.73. The van der Waals surface area contributed by atoms with E-state index in [-0.39, 0.29) is 0 Å². The van der Waals surface area contributed by atoms with Gasteiger partial charge >= 0.3 is 0 Å². The van der Waals surface area contributed by atoms with Crippen LogP contribution in [-0.4, -0.2) is 18.0 Å². The highest BCUT2D eigenvalue weighted by Gasteiger charge is 2.21. The van der Waals surface area contributed by atoms with Crippen molar-refractivity contribution in [1.82, 2.24) is 4.90 Å². The lowest BCUT2D eigenvalue weighted by molar-refractivity contribution is 0.315. The van der Waals surface area contributed by atoms with Gasteiger partial charge in [0.15, 0.2) is 0 Å². The van der Waals surface area contributed by atoms with Crippen molar-refractivity contribution < 1.29 is 0 Å². The monoisotopic (exact) mass is 238 g/mol. The first kappa shape index (κ1) is 11.7. The molecule has 0 amide bonds. The minimum Gasteiger partial charge on any atom is -0.399 e. The summed E-state index contributed by atoms with van der Waals surface area (Å²) in [5, 5.41) is 0.828. The Morgan fingerprint density at radius 2 is 2.31 bits per heavy atom. The molecular formula is C13H19ClN2. The van der Waals surface area contributed by atoms with Gasteiger partial charge in [0.2, 0.25) is 0 Å². The van der Waals surface area contributed by atoms with Crippen LogP contribution in [0, 0.1) is 5.92 Å². The van der Waals surface area contributed by atoms with E-state index in [1.54, 1.807) is 0 Å². The SMILES string of the molecule is CCC1CCN(Cc2cc(N)ccc2Cl)C1. The van der Waals surface area contributed by atoms with E-state index in [9.17, 15) is 0 Å². The van der Waals surface area contributed by atoms with E-state index in [1.165, 1.54) is 25.9 Å². The van der Waals surface area contributed by atoms with Crippen molar-refractivity contribution in [2.75, 3.05) is 18.8 Å². The van der Waals surface area contributed by atoms with Crippen molar-refractivity contribution in [2.24, 2.45) is 5.92 Å². The number of hydrogen-bond acceptors (Lipinski definition) is 2. The number of hydrogen-bond donors (Lipinski definition) is 1. The molecule has 16 heavy (non-hydrogen) atoms. The molecule has 1 fully saturated rings. The van der Waals surface area contributed by atoms with Crippen LogP contribution in [0.5, 0.6) is 0 Å². The summed E-state index contributed by atoms with van der Waals surface area (Å²) in [5.74, 6) is 0.861. The molecule has 2 N–H and O–H groups in total. The van der Waals surface area contributed by atoms with Crippen molar-refractivity contribution in [1.29, 1.82) is 0 Å². The highest BCUT2D eigenvalue weighted by Crippen LogP contribution is 2.25. The molecule has 1 aromatic rings. The third-order valence-corrected chi connectivity index (χ3v) is 3.78. The molecule has 1 saturated heterocycles. The first-order chi connectivity index (χ1) is 7.69. The molecule has 3 heteroatoms. The fraction of sp³-hybridized carbons (Fsp3) is 0.538. The van der Waals surface area contributed by atoms with E-state index in [0.717, 1.165) is 28.7 Å². The molecule has 88 valence electrons. The standard InChI is InChI=1S/C13H19ClN2/c1-2-10-5-6-16(8-10)9-11-7-12(15)3-4-13(11)14/h3-4,7,10H,2,5-6,8-9,15H2,1H3. The Balaban J connectivity index is 2.01. The molecule has 1 atom stereocenters. The van der Waals surface area contributed by atoms with Gasteiger partial charge in [0.25, 0.3) is 0 Å². The van der Waals surface area contributed by atoms with Crippen molar-refractivity contribution >= 4 is 17.3 Å². The smallest absolute Gasteiger partial charge is 0.0452 e. The molecule has 2 nitrogen and oxygen atoms in total. The van der Waals surface area contributed by atoms with Crippen LogP contribution in [0.25, 0.3) is 0 Å². The number of nitrogens with zero attached hydrogens (tertiary/aromatic N) is 1. The van der Waals surface area contributed by atoms with Crippen LogP contribution >= 0.6 is 11.6 Å². The topological polar surface area (TPSA) is 29.3 Å². The normalized spacial score (nSPS) is 21.5. The lowest BCUT2D eigenvalue weighted by Gasteiger charge is -2.16. The molecule has 0 aliphatic carbocycles. The van der Waals surface area contributed by atoms with Crippen LogP contribution < -0.4 is 5.73 Å². The van der Waals surface area contributed by atoms with Gasteiger partial charge in [0.05, 0.1) is 0 Å². The number of anilines is 1. The summed E-state index contributed by atoms with van der Waals surface area (Å²) in [7, 11) is 0. The zero-order valence-corrected chi connectivity index (χ0v) is 10.5. The number of likely N-dealkylation sites (tertiary alicyclic amines) is 1. The predicted octanol–water partition coefficient (Wildman–Crippen LogP) is 3.15. The van der Waals surface area contributed by atoms with E-state index in [0.29, 0.717) is 0 Å². The zero-order valence-electron chi connectivity index (χ0n) is 9.75. The number of nitrogen functional groups attached to an aromatic ring is 1. The average molecular weight is 239 g/mol. The Morgan fingerprint density at radius 1 is 1.50 bits per heavy atom. The summed E-state index contributed by atoms with van der Waals surface area (Å²) in [6, 6.07) is 5.73. The van der Waals surface area contributed by atoms with Crippen LogP contribution in [0.3, 0.4) is 0 Å². The maximum absolute atomic E-state index is 6.16. The predicted molar refractivity (Wildman–Crippen MR) is 69.5 cm³/mol. The fourth-order valence-corrected chi connectivity index (χ4v) is 2.52. The van der Waals surface area contributed by atoms with Gasteiger partial charge in [-0.2, -0.15) is 0 Å². The third-order valence-electron chi connectivity index (χ3n) is 3.41. The molecule has 1 aliphatic rings. The number of halogens is 1. The molecule has 0 aromatic heterocycles. The van der Waals surface area contributed by atoms with Crippen LogP contribution in [0.4, 0.5) is 5.69 Å². The van der Waals surface area contributed by atoms with Crippen molar-refractivity contribution in [3.8, 4) is 0 Å². The maximum Gasteiger partial charge on any atom is 0.0452 e. The second-order valence-electron chi connectivity index (χ2n) is 4.65. The summed E-state index contributed by atoms with van der Waals surface area (Å²) in [6.45, 7) is 5.58. The molecule has 0 radical (unpaired) electrons. The molecule has 0 spiro atoms. The van der Waals surface area contributed by atoms with E-state index < -0.39 is 0 Å². The second-order valence-corrected chi connectivity index (χ2v) is 5.06. The van der Waals surface area contributed by atoms with Gasteiger partial charge in [-0.25, -0.2) is 0 Å². The minimum absolute atomic E-state index is 0.797. The number of nitrogens with two attached hydrogens (primary N) is 1. The van der Waals surface area contributed by atoms with Gasteiger partial charge in [0.1, 0.15) is 0 Å². The summed E-state index contributed by atoms with van der Waals surface area (Å²) in [6.07, 6.45) is 2.59. The Labute approximate surface area is 102 Å². The van der Waals surface area contributed by atoms with E-state index in [4.69, 9.17) is 17.3 Å². The van der Waals surface area contributed by atoms with E-state index in [2.05, 4.69) is 11.8 Å². The molecule has 1 unspecified atom stereocenters. The van der Waals surface area contributed by atoms with E-state index >= 15 is 0 Å². The summed E-state index contributed by atoms with van der Waals surface area (Å²) in [4.78, 5) is 2.47. The van der Waals surface area contributed by atoms with Crippen molar-refractivity contribution in [3.63, 3.8) is 0 Å². The van der Waals surface area contributed by atoms with Crippen LogP contribution in [0.1, 0.15) is 25.3 Å². The third kappa shape index (κ3) is 2.69. The van der Waals surface area contributed by atoms with Gasteiger partial charge in [-0.05, 0) is 42.6 Å². The molecule has 1 heterocycles. The molecule has 0 bridgehead atoms. The lowest BCUT2D eigenvalue weighted by Crippen LogP contribution is -2.20. The van der Waals surface area contributed by atoms with Gasteiger partial charge in [-0.1, -0.05) is 24.9 Å². The first-order valence-electron chi connectivity index (χ1n) is 5.95. The Kier molecular flexibility index (Phi) is 3.72. The van der Waals surface area contributed by atoms with Gasteiger partial charge < -0.3 is 5.73 Å². The summed E-state index contributed by atoms with van der Waals surface area (Å²) >= 11 is 6.16. The van der Waals surface area contributed by atoms with Gasteiger partial charge in [-0.15, -0.1) is 0 Å². The van der Waals surface area contributed by atoms with Crippen molar-refractivity contribution in [3.05, 3.63) is 28.8 Å².